The van der Waals surface area contributed by atoms with Crippen LogP contribution >= 0.6 is 0 Å². The second-order valence-corrected chi connectivity index (χ2v) is 3.22. The molecule has 0 radical (unpaired) electrons. The van der Waals surface area contributed by atoms with Crippen molar-refractivity contribution in [2.75, 3.05) is 6.54 Å². The summed E-state index contributed by atoms with van der Waals surface area (Å²) in [7, 11) is 0. The summed E-state index contributed by atoms with van der Waals surface area (Å²) in [5.74, 6) is -0.828. The Bertz CT molecular complexity index is 221. The van der Waals surface area contributed by atoms with Crippen molar-refractivity contribution in [1.82, 2.24) is 5.32 Å². The highest BCUT2D eigenvalue weighted by Crippen LogP contribution is 1.99. The molecule has 1 atom stereocenters. The lowest BCUT2D eigenvalue weighted by molar-refractivity contribution is -0.132. The van der Waals surface area contributed by atoms with E-state index in [1.165, 1.54) is 0 Å². The van der Waals surface area contributed by atoms with Gasteiger partial charge in [0.1, 0.15) is 0 Å². The fourth-order valence-corrected chi connectivity index (χ4v) is 1.10. The van der Waals surface area contributed by atoms with E-state index in [0.717, 1.165) is 6.42 Å². The van der Waals surface area contributed by atoms with Crippen molar-refractivity contribution >= 4 is 5.97 Å². The number of carbonyl (C=O) groups is 1. The van der Waals surface area contributed by atoms with Gasteiger partial charge in [0.25, 0.3) is 0 Å². The van der Waals surface area contributed by atoms with Gasteiger partial charge in [-0.15, -0.1) is 6.58 Å². The number of carboxylic acid groups (broad SMARTS) is 1. The molecular formula is C11H19NO2. The molecule has 3 heteroatoms. The number of hydrogen-bond donors (Lipinski definition) is 2. The van der Waals surface area contributed by atoms with Crippen LogP contribution in [-0.2, 0) is 4.79 Å². The molecule has 0 rings (SSSR count). The van der Waals surface area contributed by atoms with Crippen molar-refractivity contribution in [3.63, 3.8) is 0 Å². The lowest BCUT2D eigenvalue weighted by Gasteiger charge is -2.09. The van der Waals surface area contributed by atoms with Crippen LogP contribution in [0.25, 0.3) is 0 Å². The second-order valence-electron chi connectivity index (χ2n) is 3.22. The third-order valence-corrected chi connectivity index (χ3v) is 1.99. The Morgan fingerprint density at radius 2 is 2.29 bits per heavy atom. The maximum Gasteiger partial charge on any atom is 0.331 e. The van der Waals surface area contributed by atoms with Gasteiger partial charge in [-0.25, -0.2) is 4.79 Å². The first kappa shape index (κ1) is 12.9. The third kappa shape index (κ3) is 5.54. The lowest BCUT2D eigenvalue weighted by Crippen LogP contribution is -2.25. The van der Waals surface area contributed by atoms with E-state index in [1.54, 1.807) is 6.08 Å². The SMILES string of the molecule is C=CCC(C)NC/C=C(/CC)C(=O)O. The van der Waals surface area contributed by atoms with Crippen LogP contribution in [0.2, 0.25) is 0 Å². The van der Waals surface area contributed by atoms with Crippen LogP contribution in [0.15, 0.2) is 24.3 Å². The lowest BCUT2D eigenvalue weighted by atomic mass is 10.2. The molecular weight excluding hydrogens is 178 g/mol. The summed E-state index contributed by atoms with van der Waals surface area (Å²) >= 11 is 0. The molecule has 2 N–H and O–H groups in total. The van der Waals surface area contributed by atoms with E-state index in [0.29, 0.717) is 24.6 Å². The van der Waals surface area contributed by atoms with Crippen molar-refractivity contribution in [2.45, 2.75) is 32.7 Å². The van der Waals surface area contributed by atoms with Crippen LogP contribution in [0.4, 0.5) is 0 Å². The molecule has 0 spiro atoms. The highest BCUT2D eigenvalue weighted by molar-refractivity contribution is 5.86. The van der Waals surface area contributed by atoms with Gasteiger partial charge in [-0.2, -0.15) is 0 Å². The van der Waals surface area contributed by atoms with E-state index in [-0.39, 0.29) is 0 Å². The van der Waals surface area contributed by atoms with Gasteiger partial charge in [-0.1, -0.05) is 19.1 Å². The molecule has 14 heavy (non-hydrogen) atoms. The summed E-state index contributed by atoms with van der Waals surface area (Å²) in [5.41, 5.74) is 0.461. The minimum absolute atomic E-state index is 0.343. The van der Waals surface area contributed by atoms with Gasteiger partial charge in [-0.3, -0.25) is 0 Å². The number of carboxylic acids is 1. The standard InChI is InChI=1S/C11H19NO2/c1-4-6-9(3)12-8-7-10(5-2)11(13)14/h4,7,9,12H,1,5-6,8H2,2-3H3,(H,13,14)/b10-7-. The van der Waals surface area contributed by atoms with Gasteiger partial charge in [0.05, 0.1) is 0 Å². The molecule has 0 bridgehead atoms. The monoisotopic (exact) mass is 197 g/mol. The van der Waals surface area contributed by atoms with Crippen LogP contribution in [0, 0.1) is 0 Å². The molecule has 0 heterocycles. The van der Waals surface area contributed by atoms with E-state index in [1.807, 2.05) is 19.9 Å². The minimum atomic E-state index is -0.828. The molecule has 1 unspecified atom stereocenters. The van der Waals surface area contributed by atoms with Gasteiger partial charge < -0.3 is 10.4 Å². The Kier molecular flexibility index (Phi) is 6.76. The van der Waals surface area contributed by atoms with E-state index in [4.69, 9.17) is 5.11 Å². The number of rotatable bonds is 7. The van der Waals surface area contributed by atoms with Crippen LogP contribution in [0.3, 0.4) is 0 Å². The average Bonchev–Trinajstić information content (AvgIpc) is 2.12. The number of nitrogens with one attached hydrogen (secondary N) is 1. The molecule has 0 aromatic carbocycles. The third-order valence-electron chi connectivity index (χ3n) is 1.99. The molecule has 0 aromatic heterocycles. The van der Waals surface area contributed by atoms with Crippen LogP contribution in [0.1, 0.15) is 26.7 Å². The van der Waals surface area contributed by atoms with Gasteiger partial charge in [0, 0.05) is 18.2 Å². The van der Waals surface area contributed by atoms with Gasteiger partial charge in [0.2, 0.25) is 0 Å². The minimum Gasteiger partial charge on any atom is -0.478 e. The van der Waals surface area contributed by atoms with Crippen LogP contribution in [-0.4, -0.2) is 23.7 Å². The molecule has 0 aliphatic rings. The van der Waals surface area contributed by atoms with Crippen molar-refractivity contribution in [1.29, 1.82) is 0 Å². The molecule has 0 saturated heterocycles. The van der Waals surface area contributed by atoms with E-state index < -0.39 is 5.97 Å². The zero-order chi connectivity index (χ0) is 11.0. The molecule has 0 fully saturated rings. The first-order valence-corrected chi connectivity index (χ1v) is 4.88. The quantitative estimate of drug-likeness (QED) is 0.484. The van der Waals surface area contributed by atoms with Gasteiger partial charge >= 0.3 is 5.97 Å². The predicted molar refractivity (Wildman–Crippen MR) is 58.3 cm³/mol. The Labute approximate surface area is 85.5 Å². The first-order chi connectivity index (χ1) is 6.61. The number of hydrogen-bond acceptors (Lipinski definition) is 2. The average molecular weight is 197 g/mol. The Balaban J connectivity index is 3.89. The van der Waals surface area contributed by atoms with Crippen molar-refractivity contribution in [3.05, 3.63) is 24.3 Å². The Morgan fingerprint density at radius 1 is 1.64 bits per heavy atom. The summed E-state index contributed by atoms with van der Waals surface area (Å²) in [6.45, 7) is 8.12. The first-order valence-electron chi connectivity index (χ1n) is 4.88. The topological polar surface area (TPSA) is 49.3 Å². The molecule has 0 aliphatic heterocycles. The highest BCUT2D eigenvalue weighted by atomic mass is 16.4. The van der Waals surface area contributed by atoms with Gasteiger partial charge in [0.15, 0.2) is 0 Å². The largest absolute Gasteiger partial charge is 0.478 e. The smallest absolute Gasteiger partial charge is 0.331 e. The van der Waals surface area contributed by atoms with E-state index >= 15 is 0 Å². The van der Waals surface area contributed by atoms with Crippen LogP contribution < -0.4 is 5.32 Å². The summed E-state index contributed by atoms with van der Waals surface area (Å²) in [4.78, 5) is 10.6. The summed E-state index contributed by atoms with van der Waals surface area (Å²) in [6, 6.07) is 0.343. The summed E-state index contributed by atoms with van der Waals surface area (Å²) in [5, 5.41) is 11.9. The van der Waals surface area contributed by atoms with Crippen molar-refractivity contribution in [2.24, 2.45) is 0 Å². The Hall–Kier alpha value is -1.09. The molecule has 0 aromatic rings. The zero-order valence-electron chi connectivity index (χ0n) is 8.92. The normalized spacial score (nSPS) is 13.7. The fraction of sp³-hybridized carbons (Fsp3) is 0.545. The van der Waals surface area contributed by atoms with Crippen molar-refractivity contribution < 1.29 is 9.90 Å². The Morgan fingerprint density at radius 3 is 2.71 bits per heavy atom. The zero-order valence-corrected chi connectivity index (χ0v) is 8.92. The summed E-state index contributed by atoms with van der Waals surface area (Å²) in [6.07, 6.45) is 5.02. The van der Waals surface area contributed by atoms with E-state index in [2.05, 4.69) is 11.9 Å². The van der Waals surface area contributed by atoms with Crippen molar-refractivity contribution in [3.8, 4) is 0 Å². The molecule has 0 aliphatic carbocycles. The molecule has 3 nitrogen and oxygen atoms in total. The molecule has 0 amide bonds. The van der Waals surface area contributed by atoms with Gasteiger partial charge in [-0.05, 0) is 19.8 Å². The maximum atomic E-state index is 10.6. The molecule has 80 valence electrons. The molecule has 0 saturated carbocycles. The fourth-order valence-electron chi connectivity index (χ4n) is 1.10. The maximum absolute atomic E-state index is 10.6. The predicted octanol–water partition coefficient (Wildman–Crippen LogP) is 1.96. The second kappa shape index (κ2) is 7.33. The van der Waals surface area contributed by atoms with E-state index in [9.17, 15) is 4.79 Å². The summed E-state index contributed by atoms with van der Waals surface area (Å²) < 4.78 is 0. The van der Waals surface area contributed by atoms with Crippen LogP contribution in [0.5, 0.6) is 0 Å². The number of aliphatic carboxylic acids is 1. The highest BCUT2D eigenvalue weighted by Gasteiger charge is 2.03.